The Morgan fingerprint density at radius 2 is 2.54 bits per heavy atom. The minimum absolute atomic E-state index is 0.120. The molecule has 0 aliphatic heterocycles. The summed E-state index contributed by atoms with van der Waals surface area (Å²) in [5, 5.41) is 7.81. The van der Waals surface area contributed by atoms with Crippen LogP contribution in [0, 0.1) is 0 Å². The lowest BCUT2D eigenvalue weighted by Crippen LogP contribution is -2.17. The maximum atomic E-state index is 10.8. The van der Waals surface area contributed by atoms with E-state index in [0.717, 1.165) is 0 Å². The second-order valence-electron chi connectivity index (χ2n) is 2.65. The van der Waals surface area contributed by atoms with Crippen LogP contribution in [0.25, 0.3) is 0 Å². The molecule has 0 aliphatic carbocycles. The molecular weight excluding hydrogens is 172 g/mol. The van der Waals surface area contributed by atoms with Crippen molar-refractivity contribution in [3.8, 4) is 0 Å². The molecule has 13 heavy (non-hydrogen) atoms. The van der Waals surface area contributed by atoms with E-state index < -0.39 is 6.04 Å². The molecule has 72 valence electrons. The van der Waals surface area contributed by atoms with Gasteiger partial charge in [0.2, 0.25) is 0 Å². The molecule has 0 unspecified atom stereocenters. The van der Waals surface area contributed by atoms with Crippen LogP contribution >= 0.6 is 0 Å². The van der Waals surface area contributed by atoms with Gasteiger partial charge in [0.05, 0.1) is 31.5 Å². The molecule has 0 aliphatic rings. The molecule has 0 saturated carbocycles. The molecule has 0 amide bonds. The highest BCUT2D eigenvalue weighted by Gasteiger charge is 2.14. The van der Waals surface area contributed by atoms with Crippen LogP contribution in [-0.4, -0.2) is 28.1 Å². The summed E-state index contributed by atoms with van der Waals surface area (Å²) in [5.74, 6) is -0.349. The fraction of sp³-hybridized carbons (Fsp3) is 0.571. The van der Waals surface area contributed by atoms with E-state index >= 15 is 0 Å². The molecular formula is C7H12N4O2. The SMILES string of the molecule is COC(=O)C[C@H](N)c1cnn(C)n1. The average molecular weight is 184 g/mol. The Kier molecular flexibility index (Phi) is 2.97. The number of carbonyl (C=O) groups excluding carboxylic acids is 1. The normalized spacial score (nSPS) is 12.5. The standard InChI is InChI=1S/C7H12N4O2/c1-11-9-4-6(10-11)5(8)3-7(12)13-2/h4-5H,3,8H2,1-2H3/t5-/m0/s1. The molecule has 0 fully saturated rings. The van der Waals surface area contributed by atoms with Gasteiger partial charge in [-0.25, -0.2) is 0 Å². The van der Waals surface area contributed by atoms with E-state index in [-0.39, 0.29) is 12.4 Å². The van der Waals surface area contributed by atoms with Gasteiger partial charge in [-0.05, 0) is 0 Å². The van der Waals surface area contributed by atoms with Gasteiger partial charge in [0.15, 0.2) is 0 Å². The minimum atomic E-state index is -0.443. The zero-order valence-corrected chi connectivity index (χ0v) is 7.60. The van der Waals surface area contributed by atoms with Gasteiger partial charge in [-0.1, -0.05) is 0 Å². The summed E-state index contributed by atoms with van der Waals surface area (Å²) in [6.45, 7) is 0. The average Bonchev–Trinajstić information content (AvgIpc) is 2.51. The zero-order chi connectivity index (χ0) is 9.84. The topological polar surface area (TPSA) is 83.0 Å². The Morgan fingerprint density at radius 1 is 1.85 bits per heavy atom. The van der Waals surface area contributed by atoms with E-state index in [1.54, 1.807) is 7.05 Å². The highest BCUT2D eigenvalue weighted by atomic mass is 16.5. The highest BCUT2D eigenvalue weighted by Crippen LogP contribution is 2.09. The molecule has 0 spiro atoms. The van der Waals surface area contributed by atoms with Crippen molar-refractivity contribution in [3.05, 3.63) is 11.9 Å². The summed E-state index contributed by atoms with van der Waals surface area (Å²) < 4.78 is 4.48. The molecule has 6 heteroatoms. The number of esters is 1. The number of aromatic nitrogens is 3. The second-order valence-corrected chi connectivity index (χ2v) is 2.65. The maximum absolute atomic E-state index is 10.8. The Balaban J connectivity index is 2.58. The molecule has 0 bridgehead atoms. The fourth-order valence-electron chi connectivity index (χ4n) is 0.899. The number of nitrogens with zero attached hydrogens (tertiary/aromatic N) is 3. The zero-order valence-electron chi connectivity index (χ0n) is 7.60. The minimum Gasteiger partial charge on any atom is -0.469 e. The molecule has 1 heterocycles. The number of hydrogen-bond acceptors (Lipinski definition) is 5. The van der Waals surface area contributed by atoms with Crippen molar-refractivity contribution in [3.63, 3.8) is 0 Å². The van der Waals surface area contributed by atoms with Gasteiger partial charge >= 0.3 is 5.97 Å². The van der Waals surface area contributed by atoms with Crippen LogP contribution in [0.15, 0.2) is 6.20 Å². The first-order chi connectivity index (χ1) is 6.13. The molecule has 6 nitrogen and oxygen atoms in total. The van der Waals surface area contributed by atoms with E-state index in [2.05, 4.69) is 14.9 Å². The molecule has 1 aromatic rings. The predicted octanol–water partition coefficient (Wildman–Crippen LogP) is -0.622. The van der Waals surface area contributed by atoms with Gasteiger partial charge in [-0.2, -0.15) is 15.0 Å². The summed E-state index contributed by atoms with van der Waals surface area (Å²) in [7, 11) is 3.01. The van der Waals surface area contributed by atoms with Crippen molar-refractivity contribution in [2.45, 2.75) is 12.5 Å². The molecule has 2 N–H and O–H groups in total. The molecule has 1 rings (SSSR count). The fourth-order valence-corrected chi connectivity index (χ4v) is 0.899. The summed E-state index contributed by atoms with van der Waals surface area (Å²) in [5.41, 5.74) is 6.26. The van der Waals surface area contributed by atoms with Crippen molar-refractivity contribution in [2.75, 3.05) is 7.11 Å². The van der Waals surface area contributed by atoms with Crippen molar-refractivity contribution in [1.29, 1.82) is 0 Å². The number of methoxy groups -OCH3 is 1. The largest absolute Gasteiger partial charge is 0.469 e. The number of aryl methyl sites for hydroxylation is 1. The summed E-state index contributed by atoms with van der Waals surface area (Å²) in [4.78, 5) is 12.2. The van der Waals surface area contributed by atoms with Crippen molar-refractivity contribution >= 4 is 5.97 Å². The van der Waals surface area contributed by atoms with Crippen molar-refractivity contribution in [2.24, 2.45) is 12.8 Å². The Bertz CT molecular complexity index is 296. The van der Waals surface area contributed by atoms with E-state index in [4.69, 9.17) is 5.73 Å². The van der Waals surface area contributed by atoms with Crippen LogP contribution in [0.4, 0.5) is 0 Å². The number of carbonyl (C=O) groups is 1. The predicted molar refractivity (Wildman–Crippen MR) is 44.6 cm³/mol. The third-order valence-electron chi connectivity index (χ3n) is 1.61. The van der Waals surface area contributed by atoms with Gasteiger partial charge in [-0.15, -0.1) is 0 Å². The monoisotopic (exact) mass is 184 g/mol. The Morgan fingerprint density at radius 3 is 3.00 bits per heavy atom. The second kappa shape index (κ2) is 3.99. The number of nitrogens with two attached hydrogens (primary N) is 1. The summed E-state index contributed by atoms with van der Waals surface area (Å²) >= 11 is 0. The molecule has 0 aromatic carbocycles. The van der Waals surface area contributed by atoms with Crippen LogP contribution in [0.2, 0.25) is 0 Å². The first kappa shape index (κ1) is 9.66. The number of hydrogen-bond donors (Lipinski definition) is 1. The van der Waals surface area contributed by atoms with E-state index in [0.29, 0.717) is 5.69 Å². The van der Waals surface area contributed by atoms with Gasteiger partial charge in [-0.3, -0.25) is 4.79 Å². The first-order valence-electron chi connectivity index (χ1n) is 3.82. The lowest BCUT2D eigenvalue weighted by molar-refractivity contribution is -0.141. The quantitative estimate of drug-likeness (QED) is 0.633. The highest BCUT2D eigenvalue weighted by molar-refractivity contribution is 5.70. The van der Waals surface area contributed by atoms with Crippen LogP contribution in [0.5, 0.6) is 0 Å². The van der Waals surface area contributed by atoms with Gasteiger partial charge in [0, 0.05) is 7.05 Å². The smallest absolute Gasteiger partial charge is 0.307 e. The van der Waals surface area contributed by atoms with E-state index in [9.17, 15) is 4.79 Å². The molecule has 1 aromatic heterocycles. The third kappa shape index (κ3) is 2.51. The lowest BCUT2D eigenvalue weighted by atomic mass is 10.2. The summed E-state index contributed by atoms with van der Waals surface area (Å²) in [6.07, 6.45) is 1.66. The maximum Gasteiger partial charge on any atom is 0.307 e. The molecule has 0 saturated heterocycles. The van der Waals surface area contributed by atoms with Gasteiger partial charge in [0.25, 0.3) is 0 Å². The van der Waals surface area contributed by atoms with E-state index in [1.165, 1.54) is 18.1 Å². The third-order valence-corrected chi connectivity index (χ3v) is 1.61. The van der Waals surface area contributed by atoms with Crippen LogP contribution in [-0.2, 0) is 16.6 Å². The Hall–Kier alpha value is -1.43. The van der Waals surface area contributed by atoms with Crippen LogP contribution in [0.3, 0.4) is 0 Å². The lowest BCUT2D eigenvalue weighted by Gasteiger charge is -2.05. The molecule has 0 radical (unpaired) electrons. The first-order valence-corrected chi connectivity index (χ1v) is 3.82. The number of rotatable bonds is 3. The van der Waals surface area contributed by atoms with Crippen molar-refractivity contribution in [1.82, 2.24) is 15.0 Å². The van der Waals surface area contributed by atoms with Crippen LogP contribution < -0.4 is 5.73 Å². The van der Waals surface area contributed by atoms with Gasteiger partial charge in [0.1, 0.15) is 0 Å². The Labute approximate surface area is 75.7 Å². The molecule has 1 atom stereocenters. The van der Waals surface area contributed by atoms with Crippen LogP contribution in [0.1, 0.15) is 18.2 Å². The van der Waals surface area contributed by atoms with E-state index in [1.807, 2.05) is 0 Å². The number of ether oxygens (including phenoxy) is 1. The summed E-state index contributed by atoms with van der Waals surface area (Å²) in [6, 6.07) is -0.443. The van der Waals surface area contributed by atoms with Crippen molar-refractivity contribution < 1.29 is 9.53 Å². The van der Waals surface area contributed by atoms with Gasteiger partial charge < -0.3 is 10.5 Å².